The van der Waals surface area contributed by atoms with Crippen LogP contribution in [0, 0.1) is 0 Å². The topological polar surface area (TPSA) is 190 Å². The van der Waals surface area contributed by atoms with E-state index in [1.807, 2.05) is 0 Å². The zero-order valence-electron chi connectivity index (χ0n) is 11.7. The molecule has 0 aromatic heterocycles. The van der Waals surface area contributed by atoms with Gasteiger partial charge in [-0.15, -0.1) is 0 Å². The lowest BCUT2D eigenvalue weighted by Crippen LogP contribution is -2.19. The van der Waals surface area contributed by atoms with Gasteiger partial charge in [0.1, 0.15) is 6.61 Å². The lowest BCUT2D eigenvalue weighted by molar-refractivity contribution is -0.342. The molecule has 0 aromatic carbocycles. The van der Waals surface area contributed by atoms with Crippen molar-refractivity contribution in [3.8, 4) is 0 Å². The van der Waals surface area contributed by atoms with E-state index in [0.29, 0.717) is 0 Å². The highest BCUT2D eigenvalue weighted by molar-refractivity contribution is 7.43. The van der Waals surface area contributed by atoms with Crippen molar-refractivity contribution < 1.29 is 37.9 Å². The Morgan fingerprint density at radius 1 is 1.00 bits per heavy atom. The minimum Gasteiger partial charge on any atom is -0.790 e. The van der Waals surface area contributed by atoms with Gasteiger partial charge in [0.15, 0.2) is 0 Å². The van der Waals surface area contributed by atoms with E-state index in [2.05, 4.69) is 15.8 Å². The van der Waals surface area contributed by atoms with Gasteiger partial charge in [0.2, 0.25) is 0 Å². The van der Waals surface area contributed by atoms with Crippen molar-refractivity contribution in [1.82, 2.24) is 12.3 Å². The van der Waals surface area contributed by atoms with E-state index in [4.69, 9.17) is 9.47 Å². The van der Waals surface area contributed by atoms with Crippen LogP contribution in [0.25, 0.3) is 0 Å². The fourth-order valence-electron chi connectivity index (χ4n) is 0.790. The van der Waals surface area contributed by atoms with Crippen LogP contribution < -0.4 is 22.1 Å². The van der Waals surface area contributed by atoms with Gasteiger partial charge in [-0.3, -0.25) is 0 Å². The van der Waals surface area contributed by atoms with Gasteiger partial charge >= 0.3 is 5.97 Å². The summed E-state index contributed by atoms with van der Waals surface area (Å²) in [6.07, 6.45) is 1.05. The predicted molar refractivity (Wildman–Crippen MR) is 68.3 cm³/mol. The summed E-state index contributed by atoms with van der Waals surface area (Å²) in [4.78, 5) is 30.7. The van der Waals surface area contributed by atoms with E-state index in [1.165, 1.54) is 0 Å². The maximum absolute atomic E-state index is 10.6. The molecule has 122 valence electrons. The summed E-state index contributed by atoms with van der Waals surface area (Å²) in [5, 5.41) is 0. The van der Waals surface area contributed by atoms with Crippen molar-refractivity contribution in [2.24, 2.45) is 0 Å². The standard InChI is InChI=1S/C9H17O8P.2H3N/c1-2-9(10)16-7-5-14-3-4-15-6-8-17-18(11,12)13;;/h2H,1,3-8H2,(H2,11,12,13);2*1H3. The van der Waals surface area contributed by atoms with E-state index in [0.717, 1.165) is 6.08 Å². The summed E-state index contributed by atoms with van der Waals surface area (Å²) in [7, 11) is -4.92. The molecule has 0 aromatic rings. The van der Waals surface area contributed by atoms with Gasteiger partial charge in [0.05, 0.1) is 40.9 Å². The van der Waals surface area contributed by atoms with Crippen molar-refractivity contribution in [3.63, 3.8) is 0 Å². The Bertz CT molecular complexity index is 296. The largest absolute Gasteiger partial charge is 0.790 e. The lowest BCUT2D eigenvalue weighted by Gasteiger charge is -2.28. The van der Waals surface area contributed by atoms with Crippen LogP contribution in [-0.2, 0) is 28.1 Å². The summed E-state index contributed by atoms with van der Waals surface area (Å²) >= 11 is 0. The summed E-state index contributed by atoms with van der Waals surface area (Å²) in [6.45, 7) is 3.67. The first-order valence-corrected chi connectivity index (χ1v) is 6.53. The average Bonchev–Trinajstić information content (AvgIpc) is 2.29. The monoisotopic (exact) mass is 318 g/mol. The molecule has 10 nitrogen and oxygen atoms in total. The van der Waals surface area contributed by atoms with Crippen LogP contribution in [0.5, 0.6) is 0 Å². The number of hydrogen-bond donors (Lipinski definition) is 2. The highest BCUT2D eigenvalue weighted by Gasteiger charge is 1.95. The normalized spacial score (nSPS) is 10.1. The van der Waals surface area contributed by atoms with Gasteiger partial charge < -0.3 is 45.4 Å². The Kier molecular flexibility index (Phi) is 17.6. The van der Waals surface area contributed by atoms with Crippen molar-refractivity contribution >= 4 is 13.8 Å². The van der Waals surface area contributed by atoms with Gasteiger partial charge in [-0.2, -0.15) is 0 Å². The van der Waals surface area contributed by atoms with Crippen LogP contribution in [-0.4, -0.2) is 45.6 Å². The molecule has 0 spiro atoms. The minimum atomic E-state index is -4.92. The second-order valence-corrected chi connectivity index (χ2v) is 4.03. The van der Waals surface area contributed by atoms with Gasteiger partial charge in [0, 0.05) is 6.08 Å². The van der Waals surface area contributed by atoms with Crippen LogP contribution in [0.3, 0.4) is 0 Å². The zero-order valence-corrected chi connectivity index (χ0v) is 12.6. The Hall–Kier alpha value is -0.840. The molecule has 0 heterocycles. The molecule has 20 heavy (non-hydrogen) atoms. The molecule has 0 saturated carbocycles. The van der Waals surface area contributed by atoms with Crippen LogP contribution in [0.4, 0.5) is 0 Å². The van der Waals surface area contributed by atoms with Gasteiger partial charge in [0.25, 0.3) is 0 Å². The van der Waals surface area contributed by atoms with Crippen LogP contribution in [0.1, 0.15) is 0 Å². The first kappa shape index (κ1) is 24.2. The highest BCUT2D eigenvalue weighted by Crippen LogP contribution is 2.23. The number of phosphoric ester groups is 1. The summed E-state index contributed by atoms with van der Waals surface area (Å²) in [6, 6.07) is 0. The molecular formula is C9H23N2O8P. The molecule has 8 N–H and O–H groups in total. The molecule has 0 aliphatic carbocycles. The van der Waals surface area contributed by atoms with Gasteiger partial charge in [-0.1, -0.05) is 6.58 Å². The minimum absolute atomic E-state index is 0. The third kappa shape index (κ3) is 19.5. The second kappa shape index (κ2) is 14.6. The van der Waals surface area contributed by atoms with E-state index in [1.54, 1.807) is 0 Å². The molecule has 0 bridgehead atoms. The summed E-state index contributed by atoms with van der Waals surface area (Å²) < 4.78 is 28.5. The van der Waals surface area contributed by atoms with Gasteiger partial charge in [-0.25, -0.2) is 4.79 Å². The van der Waals surface area contributed by atoms with Crippen LogP contribution in [0.15, 0.2) is 12.7 Å². The number of phosphoric acid groups is 1. The third-order valence-corrected chi connectivity index (χ3v) is 1.99. The van der Waals surface area contributed by atoms with E-state index >= 15 is 0 Å². The maximum atomic E-state index is 10.6. The highest BCUT2D eigenvalue weighted by atomic mass is 31.2. The predicted octanol–water partition coefficient (Wildman–Crippen LogP) is -0.653. The van der Waals surface area contributed by atoms with E-state index in [9.17, 15) is 19.1 Å². The maximum Gasteiger partial charge on any atom is 0.330 e. The molecule has 0 fully saturated rings. The van der Waals surface area contributed by atoms with Crippen LogP contribution in [0.2, 0.25) is 0 Å². The molecule has 0 amide bonds. The first-order chi connectivity index (χ1) is 8.45. The number of ether oxygens (including phenoxy) is 3. The number of rotatable bonds is 11. The van der Waals surface area contributed by atoms with Crippen molar-refractivity contribution in [1.29, 1.82) is 0 Å². The number of hydrogen-bond acceptors (Lipinski definition) is 8. The van der Waals surface area contributed by atoms with E-state index in [-0.39, 0.29) is 51.9 Å². The second-order valence-electron chi connectivity index (χ2n) is 2.88. The quantitative estimate of drug-likeness (QED) is 0.217. The Morgan fingerprint density at radius 3 is 1.90 bits per heavy atom. The molecule has 0 saturated heterocycles. The molecule has 0 unspecified atom stereocenters. The molecule has 0 rings (SSSR count). The summed E-state index contributed by atoms with van der Waals surface area (Å²) in [5.74, 6) is -0.522. The first-order valence-electron chi connectivity index (χ1n) is 5.07. The molecule has 0 aliphatic rings. The van der Waals surface area contributed by atoms with E-state index < -0.39 is 13.8 Å². The van der Waals surface area contributed by atoms with Gasteiger partial charge in [-0.05, 0) is 0 Å². The zero-order chi connectivity index (χ0) is 13.9. The van der Waals surface area contributed by atoms with Crippen molar-refractivity contribution in [2.75, 3.05) is 39.6 Å². The third-order valence-electron chi connectivity index (χ3n) is 1.49. The molecule has 11 heteroatoms. The smallest absolute Gasteiger partial charge is 0.330 e. The molecular weight excluding hydrogens is 295 g/mol. The van der Waals surface area contributed by atoms with Crippen molar-refractivity contribution in [2.45, 2.75) is 0 Å². The summed E-state index contributed by atoms with van der Waals surface area (Å²) in [5.41, 5.74) is 0. The number of carbonyl (C=O) groups excluding carboxylic acids is 1. The molecule has 0 atom stereocenters. The fraction of sp³-hybridized carbons (Fsp3) is 0.667. The Labute approximate surface area is 117 Å². The average molecular weight is 318 g/mol. The molecule has 0 radical (unpaired) electrons. The lowest BCUT2D eigenvalue weighted by atomic mass is 10.6. The Morgan fingerprint density at radius 2 is 1.45 bits per heavy atom. The number of carbonyl (C=O) groups is 1. The SMILES string of the molecule is C=CC(=O)OCCOCCOCCOP(=O)([O-])[O-].[NH4+].[NH4+]. The Balaban J connectivity index is -0.00000144. The number of quaternary nitrogens is 2. The number of esters is 1. The molecule has 0 aliphatic heterocycles. The fourth-order valence-corrected chi connectivity index (χ4v) is 1.09. The van der Waals surface area contributed by atoms with Crippen molar-refractivity contribution in [3.05, 3.63) is 12.7 Å². The van der Waals surface area contributed by atoms with Crippen LogP contribution >= 0.6 is 7.82 Å².